The SMILES string of the molecule is O=C1CCc2cc(S(=O)(=O)N(CCc3cccs3)Cc3ccoc3)cc3c2N1CC3. The summed E-state index contributed by atoms with van der Waals surface area (Å²) in [7, 11) is -3.70. The summed E-state index contributed by atoms with van der Waals surface area (Å²) >= 11 is 1.63. The first-order valence-electron chi connectivity index (χ1n) is 10.0. The highest BCUT2D eigenvalue weighted by molar-refractivity contribution is 7.89. The molecule has 0 unspecified atom stereocenters. The zero-order chi connectivity index (χ0) is 20.7. The summed E-state index contributed by atoms with van der Waals surface area (Å²) in [6.45, 7) is 1.30. The van der Waals surface area contributed by atoms with Crippen molar-refractivity contribution in [1.29, 1.82) is 0 Å². The second-order valence-corrected chi connectivity index (χ2v) is 10.7. The second-order valence-electron chi connectivity index (χ2n) is 7.69. The van der Waals surface area contributed by atoms with E-state index < -0.39 is 10.0 Å². The van der Waals surface area contributed by atoms with Gasteiger partial charge in [-0.05, 0) is 60.0 Å². The van der Waals surface area contributed by atoms with Crippen LogP contribution in [0.1, 0.15) is 28.0 Å². The molecule has 2 aromatic heterocycles. The lowest BCUT2D eigenvalue weighted by Gasteiger charge is -2.27. The molecule has 3 aromatic rings. The minimum Gasteiger partial charge on any atom is -0.472 e. The number of carbonyl (C=O) groups is 1. The first-order valence-corrected chi connectivity index (χ1v) is 12.3. The van der Waals surface area contributed by atoms with Crippen molar-refractivity contribution in [2.45, 2.75) is 37.1 Å². The van der Waals surface area contributed by atoms with E-state index >= 15 is 0 Å². The third-order valence-electron chi connectivity index (χ3n) is 5.79. The quantitative estimate of drug-likeness (QED) is 0.560. The third kappa shape index (κ3) is 3.49. The van der Waals surface area contributed by atoms with Gasteiger partial charge < -0.3 is 9.32 Å². The standard InChI is InChI=1S/C22H22N2O4S2/c25-21-4-3-17-12-20(13-18-5-9-24(21)22(17)18)30(26,27)23(14-16-7-10-28-15-16)8-6-19-2-1-11-29-19/h1-2,7,10-13,15H,3-6,8-9,14H2. The molecule has 0 fully saturated rings. The topological polar surface area (TPSA) is 70.8 Å². The predicted octanol–water partition coefficient (Wildman–Crippen LogP) is 3.61. The lowest BCUT2D eigenvalue weighted by atomic mass is 10.00. The molecule has 30 heavy (non-hydrogen) atoms. The fourth-order valence-electron chi connectivity index (χ4n) is 4.28. The Morgan fingerprint density at radius 3 is 2.70 bits per heavy atom. The molecule has 0 bridgehead atoms. The summed E-state index contributed by atoms with van der Waals surface area (Å²) in [5, 5.41) is 2.00. The number of amides is 1. The van der Waals surface area contributed by atoms with Crippen LogP contribution in [0.15, 0.2) is 57.6 Å². The minimum atomic E-state index is -3.70. The van der Waals surface area contributed by atoms with E-state index in [2.05, 4.69) is 0 Å². The number of hydrogen-bond acceptors (Lipinski definition) is 5. The molecule has 0 N–H and O–H groups in total. The summed E-state index contributed by atoms with van der Waals surface area (Å²) in [6, 6.07) is 9.34. The molecule has 1 aromatic carbocycles. The number of hydrogen-bond donors (Lipinski definition) is 0. The van der Waals surface area contributed by atoms with Gasteiger partial charge in [0, 0.05) is 36.5 Å². The molecule has 0 radical (unpaired) electrons. The van der Waals surface area contributed by atoms with Crippen LogP contribution in [0.25, 0.3) is 0 Å². The van der Waals surface area contributed by atoms with E-state index in [1.54, 1.807) is 42.1 Å². The minimum absolute atomic E-state index is 0.134. The van der Waals surface area contributed by atoms with Crippen LogP contribution in [0, 0.1) is 0 Å². The van der Waals surface area contributed by atoms with Crippen molar-refractivity contribution < 1.29 is 17.6 Å². The number of furan rings is 1. The van der Waals surface area contributed by atoms with Gasteiger partial charge in [-0.2, -0.15) is 4.31 Å². The Bertz CT molecular complexity index is 1170. The van der Waals surface area contributed by atoms with E-state index in [4.69, 9.17) is 4.42 Å². The largest absolute Gasteiger partial charge is 0.472 e. The van der Waals surface area contributed by atoms with Crippen molar-refractivity contribution in [1.82, 2.24) is 4.31 Å². The highest BCUT2D eigenvalue weighted by Gasteiger charge is 2.34. The van der Waals surface area contributed by atoms with E-state index in [9.17, 15) is 13.2 Å². The van der Waals surface area contributed by atoms with E-state index in [0.717, 1.165) is 27.3 Å². The van der Waals surface area contributed by atoms with Crippen LogP contribution < -0.4 is 4.90 Å². The van der Waals surface area contributed by atoms with Crippen LogP contribution in [0.2, 0.25) is 0 Å². The molecular weight excluding hydrogens is 420 g/mol. The first kappa shape index (κ1) is 19.5. The van der Waals surface area contributed by atoms with E-state index in [1.807, 2.05) is 22.4 Å². The van der Waals surface area contributed by atoms with Crippen LogP contribution in [0.5, 0.6) is 0 Å². The number of sulfonamides is 1. The van der Waals surface area contributed by atoms with Crippen molar-refractivity contribution >= 4 is 33.0 Å². The summed E-state index contributed by atoms with van der Waals surface area (Å²) in [5.41, 5.74) is 3.68. The summed E-state index contributed by atoms with van der Waals surface area (Å²) in [6.07, 6.45) is 5.54. The number of thiophene rings is 1. The summed E-state index contributed by atoms with van der Waals surface area (Å²) in [5.74, 6) is 0.134. The molecule has 156 valence electrons. The molecule has 2 aliphatic heterocycles. The van der Waals surface area contributed by atoms with Crippen molar-refractivity contribution in [2.24, 2.45) is 0 Å². The Balaban J connectivity index is 1.49. The van der Waals surface area contributed by atoms with E-state index in [0.29, 0.717) is 43.7 Å². The molecule has 0 saturated carbocycles. The van der Waals surface area contributed by atoms with Gasteiger partial charge >= 0.3 is 0 Å². The van der Waals surface area contributed by atoms with Gasteiger partial charge in [0.15, 0.2) is 0 Å². The molecule has 0 spiro atoms. The van der Waals surface area contributed by atoms with Crippen molar-refractivity contribution in [3.8, 4) is 0 Å². The van der Waals surface area contributed by atoms with Crippen LogP contribution in [-0.2, 0) is 40.6 Å². The van der Waals surface area contributed by atoms with Crippen molar-refractivity contribution in [3.63, 3.8) is 0 Å². The second kappa shape index (κ2) is 7.68. The first-order chi connectivity index (χ1) is 14.5. The van der Waals surface area contributed by atoms with Gasteiger partial charge in [-0.1, -0.05) is 6.07 Å². The molecular formula is C22H22N2O4S2. The van der Waals surface area contributed by atoms with Gasteiger partial charge in [0.05, 0.1) is 23.1 Å². The maximum Gasteiger partial charge on any atom is 0.243 e. The van der Waals surface area contributed by atoms with Gasteiger partial charge in [0.2, 0.25) is 15.9 Å². The predicted molar refractivity (Wildman–Crippen MR) is 115 cm³/mol. The number of benzene rings is 1. The molecule has 2 aliphatic rings. The third-order valence-corrected chi connectivity index (χ3v) is 8.55. The van der Waals surface area contributed by atoms with Crippen LogP contribution in [0.4, 0.5) is 5.69 Å². The monoisotopic (exact) mass is 442 g/mol. The van der Waals surface area contributed by atoms with Crippen molar-refractivity contribution in [2.75, 3.05) is 18.0 Å². The van der Waals surface area contributed by atoms with Gasteiger partial charge in [0.1, 0.15) is 0 Å². The summed E-state index contributed by atoms with van der Waals surface area (Å²) < 4.78 is 34.0. The smallest absolute Gasteiger partial charge is 0.243 e. The van der Waals surface area contributed by atoms with Gasteiger partial charge in [-0.25, -0.2) is 8.42 Å². The van der Waals surface area contributed by atoms with E-state index in [1.165, 1.54) is 4.31 Å². The van der Waals surface area contributed by atoms with Crippen molar-refractivity contribution in [3.05, 3.63) is 69.8 Å². The number of rotatable bonds is 7. The lowest BCUT2D eigenvalue weighted by molar-refractivity contribution is -0.118. The number of carbonyl (C=O) groups excluding carboxylic acids is 1. The van der Waals surface area contributed by atoms with Gasteiger partial charge in [-0.15, -0.1) is 11.3 Å². The van der Waals surface area contributed by atoms with Crippen LogP contribution >= 0.6 is 11.3 Å². The van der Waals surface area contributed by atoms with Crippen LogP contribution in [-0.4, -0.2) is 31.7 Å². The lowest BCUT2D eigenvalue weighted by Crippen LogP contribution is -2.34. The number of nitrogens with zero attached hydrogens (tertiary/aromatic N) is 2. The van der Waals surface area contributed by atoms with Crippen LogP contribution in [0.3, 0.4) is 0 Å². The Labute approximate surface area is 179 Å². The Morgan fingerprint density at radius 1 is 1.13 bits per heavy atom. The summed E-state index contributed by atoms with van der Waals surface area (Å²) in [4.78, 5) is 15.5. The molecule has 6 nitrogen and oxygen atoms in total. The maximum absolute atomic E-state index is 13.7. The van der Waals surface area contributed by atoms with Gasteiger partial charge in [0.25, 0.3) is 0 Å². The average molecular weight is 443 g/mol. The highest BCUT2D eigenvalue weighted by atomic mass is 32.2. The average Bonchev–Trinajstić information content (AvgIpc) is 3.50. The molecule has 1 amide bonds. The molecule has 4 heterocycles. The zero-order valence-electron chi connectivity index (χ0n) is 16.4. The molecule has 0 atom stereocenters. The Kier molecular flexibility index (Phi) is 5.00. The number of aryl methyl sites for hydroxylation is 1. The molecule has 0 saturated heterocycles. The van der Waals surface area contributed by atoms with Gasteiger partial charge in [-0.3, -0.25) is 4.79 Å². The fraction of sp³-hybridized carbons (Fsp3) is 0.318. The zero-order valence-corrected chi connectivity index (χ0v) is 18.0. The maximum atomic E-state index is 13.7. The highest BCUT2D eigenvalue weighted by Crippen LogP contribution is 2.39. The molecule has 0 aliphatic carbocycles. The fourth-order valence-corrected chi connectivity index (χ4v) is 6.51. The molecule has 5 rings (SSSR count). The number of anilines is 1. The Hall–Kier alpha value is -2.42. The van der Waals surface area contributed by atoms with E-state index in [-0.39, 0.29) is 12.5 Å². The normalized spacial score (nSPS) is 15.8. The molecule has 8 heteroatoms. The Morgan fingerprint density at radius 2 is 1.97 bits per heavy atom.